The van der Waals surface area contributed by atoms with Gasteiger partial charge in [0.1, 0.15) is 0 Å². The van der Waals surface area contributed by atoms with Crippen molar-refractivity contribution in [2.75, 3.05) is 33.3 Å². The van der Waals surface area contributed by atoms with Crippen molar-refractivity contribution in [3.63, 3.8) is 0 Å². The van der Waals surface area contributed by atoms with Crippen LogP contribution in [-0.2, 0) is 9.53 Å². The zero-order chi connectivity index (χ0) is 12.0. The highest BCUT2D eigenvalue weighted by Crippen LogP contribution is 2.24. The number of likely N-dealkylation sites (N-methyl/N-ethyl adjacent to an activating group) is 1. The fourth-order valence-electron chi connectivity index (χ4n) is 2.31. The number of hydrogen-bond donors (Lipinski definition) is 1. The molecule has 1 saturated heterocycles. The van der Waals surface area contributed by atoms with Gasteiger partial charge in [-0.3, -0.25) is 4.79 Å². The van der Waals surface area contributed by atoms with Crippen LogP contribution < -0.4 is 5.32 Å². The molecule has 0 aromatic rings. The van der Waals surface area contributed by atoms with E-state index in [1.54, 1.807) is 0 Å². The number of carbonyl (C=O) groups excluding carboxylic acids is 1. The van der Waals surface area contributed by atoms with Crippen molar-refractivity contribution < 1.29 is 9.53 Å². The zero-order valence-electron chi connectivity index (χ0n) is 10.7. The van der Waals surface area contributed by atoms with Crippen LogP contribution in [-0.4, -0.2) is 49.7 Å². The summed E-state index contributed by atoms with van der Waals surface area (Å²) in [5.74, 6) is -0.0820. The van der Waals surface area contributed by atoms with Crippen molar-refractivity contribution in [1.29, 1.82) is 0 Å². The van der Waals surface area contributed by atoms with Gasteiger partial charge < -0.3 is 15.0 Å². The molecule has 0 saturated carbocycles. The molecule has 0 radical (unpaired) electrons. The monoisotopic (exact) mass is 228 g/mol. The van der Waals surface area contributed by atoms with Gasteiger partial charge in [-0.1, -0.05) is 6.92 Å². The number of rotatable bonds is 6. The first-order valence-corrected chi connectivity index (χ1v) is 6.21. The van der Waals surface area contributed by atoms with Gasteiger partial charge in [0.15, 0.2) is 0 Å². The first kappa shape index (κ1) is 13.5. The summed E-state index contributed by atoms with van der Waals surface area (Å²) < 4.78 is 5.05. The number of esters is 1. The number of ether oxygens (including phenoxy) is 1. The van der Waals surface area contributed by atoms with Gasteiger partial charge in [0.25, 0.3) is 0 Å². The highest BCUT2D eigenvalue weighted by molar-refractivity contribution is 5.71. The van der Waals surface area contributed by atoms with E-state index in [9.17, 15) is 4.79 Å². The van der Waals surface area contributed by atoms with Gasteiger partial charge in [-0.05, 0) is 39.9 Å². The lowest BCUT2D eigenvalue weighted by Gasteiger charge is -2.29. The van der Waals surface area contributed by atoms with Crippen LogP contribution in [0.2, 0.25) is 0 Å². The molecule has 1 aliphatic heterocycles. The number of likely N-dealkylation sites (tertiary alicyclic amines) is 1. The Labute approximate surface area is 98.3 Å². The number of hydrogen-bond acceptors (Lipinski definition) is 4. The highest BCUT2D eigenvalue weighted by Gasteiger charge is 2.38. The van der Waals surface area contributed by atoms with Crippen LogP contribution in [0.4, 0.5) is 0 Å². The Morgan fingerprint density at radius 1 is 1.50 bits per heavy atom. The molecule has 4 heteroatoms. The topological polar surface area (TPSA) is 41.6 Å². The summed E-state index contributed by atoms with van der Waals surface area (Å²) in [7, 11) is 2.10. The van der Waals surface area contributed by atoms with Crippen molar-refractivity contribution in [1.82, 2.24) is 10.2 Å². The highest BCUT2D eigenvalue weighted by atomic mass is 16.5. The maximum atomic E-state index is 11.6. The Bertz CT molecular complexity index is 233. The van der Waals surface area contributed by atoms with Crippen LogP contribution in [0.5, 0.6) is 0 Å². The molecule has 1 N–H and O–H groups in total. The van der Waals surface area contributed by atoms with Crippen LogP contribution in [0, 0.1) is 0 Å². The Morgan fingerprint density at radius 2 is 2.25 bits per heavy atom. The smallest absolute Gasteiger partial charge is 0.307 e. The molecule has 4 nitrogen and oxygen atoms in total. The molecule has 1 atom stereocenters. The molecule has 1 rings (SSSR count). The third kappa shape index (κ3) is 3.76. The molecule has 0 amide bonds. The van der Waals surface area contributed by atoms with Gasteiger partial charge in [0.05, 0.1) is 13.0 Å². The van der Waals surface area contributed by atoms with Gasteiger partial charge in [0.2, 0.25) is 0 Å². The van der Waals surface area contributed by atoms with Crippen LogP contribution in [0.25, 0.3) is 0 Å². The van der Waals surface area contributed by atoms with E-state index in [1.807, 2.05) is 6.92 Å². The van der Waals surface area contributed by atoms with E-state index in [-0.39, 0.29) is 11.5 Å². The Balaban J connectivity index is 2.53. The molecular weight excluding hydrogens is 204 g/mol. The zero-order valence-corrected chi connectivity index (χ0v) is 10.7. The van der Waals surface area contributed by atoms with Crippen LogP contribution >= 0.6 is 0 Å². The van der Waals surface area contributed by atoms with E-state index in [0.717, 1.165) is 32.5 Å². The average molecular weight is 228 g/mol. The van der Waals surface area contributed by atoms with E-state index < -0.39 is 0 Å². The number of nitrogens with one attached hydrogen (secondary N) is 1. The predicted molar refractivity (Wildman–Crippen MR) is 64.4 cm³/mol. The van der Waals surface area contributed by atoms with Gasteiger partial charge in [-0.2, -0.15) is 0 Å². The third-order valence-corrected chi connectivity index (χ3v) is 3.08. The first-order chi connectivity index (χ1) is 7.62. The second-order valence-electron chi connectivity index (χ2n) is 4.68. The largest absolute Gasteiger partial charge is 0.466 e. The van der Waals surface area contributed by atoms with Gasteiger partial charge in [-0.25, -0.2) is 0 Å². The standard InChI is InChI=1S/C12H24N2O2/c1-4-7-13-12(6-8-14(3)10-12)9-11(15)16-5-2/h13H,4-10H2,1-3H3. The van der Waals surface area contributed by atoms with Crippen molar-refractivity contribution in [2.45, 2.75) is 38.6 Å². The SMILES string of the molecule is CCCNC1(CC(=O)OCC)CCN(C)C1. The summed E-state index contributed by atoms with van der Waals surface area (Å²) in [5, 5.41) is 3.52. The number of carbonyl (C=O) groups is 1. The molecular formula is C12H24N2O2. The van der Waals surface area contributed by atoms with E-state index in [1.165, 1.54) is 0 Å². The van der Waals surface area contributed by atoms with E-state index in [0.29, 0.717) is 13.0 Å². The maximum absolute atomic E-state index is 11.6. The van der Waals surface area contributed by atoms with Crippen molar-refractivity contribution >= 4 is 5.97 Å². The summed E-state index contributed by atoms with van der Waals surface area (Å²) in [5.41, 5.74) is -0.0585. The minimum Gasteiger partial charge on any atom is -0.466 e. The first-order valence-electron chi connectivity index (χ1n) is 6.21. The lowest BCUT2D eigenvalue weighted by atomic mass is 9.94. The van der Waals surface area contributed by atoms with Crippen LogP contribution in [0.3, 0.4) is 0 Å². The Morgan fingerprint density at radius 3 is 2.75 bits per heavy atom. The molecule has 0 aliphatic carbocycles. The molecule has 1 aliphatic rings. The van der Waals surface area contributed by atoms with E-state index in [2.05, 4.69) is 24.2 Å². The molecule has 1 heterocycles. The maximum Gasteiger partial charge on any atom is 0.307 e. The molecule has 1 unspecified atom stereocenters. The molecule has 16 heavy (non-hydrogen) atoms. The van der Waals surface area contributed by atoms with Crippen LogP contribution in [0.15, 0.2) is 0 Å². The lowest BCUT2D eigenvalue weighted by molar-refractivity contribution is -0.144. The Kier molecular flexibility index (Phi) is 5.22. The second kappa shape index (κ2) is 6.21. The molecule has 94 valence electrons. The minimum atomic E-state index is -0.0820. The predicted octanol–water partition coefficient (Wildman–Crippen LogP) is 1.01. The summed E-state index contributed by atoms with van der Waals surface area (Å²) in [4.78, 5) is 13.9. The van der Waals surface area contributed by atoms with Crippen molar-refractivity contribution in [3.05, 3.63) is 0 Å². The second-order valence-corrected chi connectivity index (χ2v) is 4.68. The fourth-order valence-corrected chi connectivity index (χ4v) is 2.31. The molecule has 0 aromatic carbocycles. The summed E-state index contributed by atoms with van der Waals surface area (Å²) in [6.45, 7) is 7.42. The molecule has 0 bridgehead atoms. The normalized spacial score (nSPS) is 25.9. The summed E-state index contributed by atoms with van der Waals surface area (Å²) in [6, 6.07) is 0. The number of nitrogens with zero attached hydrogens (tertiary/aromatic N) is 1. The molecule has 0 spiro atoms. The molecule has 1 fully saturated rings. The average Bonchev–Trinajstić information content (AvgIpc) is 2.58. The van der Waals surface area contributed by atoms with Crippen molar-refractivity contribution in [2.24, 2.45) is 0 Å². The van der Waals surface area contributed by atoms with Crippen molar-refractivity contribution in [3.8, 4) is 0 Å². The quantitative estimate of drug-likeness (QED) is 0.689. The molecule has 0 aromatic heterocycles. The summed E-state index contributed by atoms with van der Waals surface area (Å²) >= 11 is 0. The Hall–Kier alpha value is -0.610. The minimum absolute atomic E-state index is 0.0585. The van der Waals surface area contributed by atoms with Gasteiger partial charge in [0, 0.05) is 12.1 Å². The summed E-state index contributed by atoms with van der Waals surface area (Å²) in [6.07, 6.45) is 2.61. The van der Waals surface area contributed by atoms with Gasteiger partial charge >= 0.3 is 5.97 Å². The lowest BCUT2D eigenvalue weighted by Crippen LogP contribution is -2.49. The van der Waals surface area contributed by atoms with E-state index in [4.69, 9.17) is 4.74 Å². The van der Waals surface area contributed by atoms with Crippen LogP contribution in [0.1, 0.15) is 33.1 Å². The third-order valence-electron chi connectivity index (χ3n) is 3.08. The van der Waals surface area contributed by atoms with E-state index >= 15 is 0 Å². The fraction of sp³-hybridized carbons (Fsp3) is 0.917. The van der Waals surface area contributed by atoms with Gasteiger partial charge in [-0.15, -0.1) is 0 Å².